The fourth-order valence-electron chi connectivity index (χ4n) is 1.16. The third kappa shape index (κ3) is 5.71. The number of hydrogen-bond donors (Lipinski definition) is 0. The topological polar surface area (TPSA) is 21.6 Å². The summed E-state index contributed by atoms with van der Waals surface area (Å²) in [5, 5.41) is 0. The minimum atomic E-state index is 0.334. The Bertz CT molecular complexity index is 393. The highest BCUT2D eigenvalue weighted by atomic mass is 16.5. The molecule has 2 heteroatoms. The molecule has 2 nitrogen and oxygen atoms in total. The van der Waals surface area contributed by atoms with Crippen LogP contribution in [0, 0.1) is 5.92 Å². The van der Waals surface area contributed by atoms with Crippen LogP contribution in [-0.2, 0) is 11.3 Å². The number of aliphatic imine (C=N–C) groups is 1. The molecule has 1 unspecified atom stereocenters. The molecule has 0 heterocycles. The largest absolute Gasteiger partial charge is 0.476 e. The minimum Gasteiger partial charge on any atom is -0.476 e. The van der Waals surface area contributed by atoms with Crippen LogP contribution in [-0.4, -0.2) is 5.90 Å². The molecule has 17 heavy (non-hydrogen) atoms. The summed E-state index contributed by atoms with van der Waals surface area (Å²) in [4.78, 5) is 4.19. The van der Waals surface area contributed by atoms with Crippen molar-refractivity contribution < 1.29 is 4.74 Å². The molecule has 0 saturated heterocycles. The van der Waals surface area contributed by atoms with Gasteiger partial charge in [0.15, 0.2) is 5.90 Å². The van der Waals surface area contributed by atoms with Crippen molar-refractivity contribution in [3.63, 3.8) is 0 Å². The van der Waals surface area contributed by atoms with E-state index in [1.807, 2.05) is 49.4 Å². The van der Waals surface area contributed by atoms with Crippen molar-refractivity contribution in [1.29, 1.82) is 0 Å². The first kappa shape index (κ1) is 13.2. The van der Waals surface area contributed by atoms with E-state index >= 15 is 0 Å². The van der Waals surface area contributed by atoms with Gasteiger partial charge in [0.05, 0.1) is 0 Å². The quantitative estimate of drug-likeness (QED) is 0.425. The van der Waals surface area contributed by atoms with Crippen LogP contribution in [0.4, 0.5) is 0 Å². The highest BCUT2D eigenvalue weighted by molar-refractivity contribution is 5.73. The molecule has 90 valence electrons. The number of benzene rings is 1. The van der Waals surface area contributed by atoms with Gasteiger partial charge in [-0.25, -0.2) is 4.99 Å². The SMILES string of the molecule is C=CC(C)/C=C\N=C(/C)OCc1ccccc1. The summed E-state index contributed by atoms with van der Waals surface area (Å²) in [6, 6.07) is 10.0. The van der Waals surface area contributed by atoms with Crippen LogP contribution in [0.3, 0.4) is 0 Å². The Morgan fingerprint density at radius 3 is 2.76 bits per heavy atom. The smallest absolute Gasteiger partial charge is 0.184 e. The van der Waals surface area contributed by atoms with Gasteiger partial charge in [0.2, 0.25) is 0 Å². The minimum absolute atomic E-state index is 0.334. The Morgan fingerprint density at radius 1 is 1.41 bits per heavy atom. The highest BCUT2D eigenvalue weighted by Gasteiger charge is 1.93. The molecule has 0 aliphatic rings. The van der Waals surface area contributed by atoms with E-state index in [4.69, 9.17) is 4.74 Å². The number of ether oxygens (including phenoxy) is 1. The van der Waals surface area contributed by atoms with Crippen LogP contribution < -0.4 is 0 Å². The lowest BCUT2D eigenvalue weighted by atomic mass is 10.2. The fourth-order valence-corrected chi connectivity index (χ4v) is 1.16. The van der Waals surface area contributed by atoms with Gasteiger partial charge in [0.25, 0.3) is 0 Å². The first-order chi connectivity index (χ1) is 8.22. The van der Waals surface area contributed by atoms with Gasteiger partial charge in [-0.3, -0.25) is 0 Å². The lowest BCUT2D eigenvalue weighted by Gasteiger charge is -2.04. The maximum Gasteiger partial charge on any atom is 0.184 e. The van der Waals surface area contributed by atoms with E-state index < -0.39 is 0 Å². The second-order valence-corrected chi connectivity index (χ2v) is 3.86. The molecule has 0 radical (unpaired) electrons. The average Bonchev–Trinajstić information content (AvgIpc) is 2.37. The van der Waals surface area contributed by atoms with Crippen LogP contribution in [0.1, 0.15) is 19.4 Å². The monoisotopic (exact) mass is 229 g/mol. The molecule has 1 aromatic rings. The van der Waals surface area contributed by atoms with Gasteiger partial charge in [-0.15, -0.1) is 6.58 Å². The first-order valence-electron chi connectivity index (χ1n) is 5.72. The molecule has 0 saturated carbocycles. The van der Waals surface area contributed by atoms with Gasteiger partial charge in [-0.05, 0) is 11.5 Å². The van der Waals surface area contributed by atoms with E-state index in [1.54, 1.807) is 6.20 Å². The van der Waals surface area contributed by atoms with E-state index in [2.05, 4.69) is 18.5 Å². The Morgan fingerprint density at radius 2 is 2.12 bits per heavy atom. The van der Waals surface area contributed by atoms with Gasteiger partial charge >= 0.3 is 0 Å². The summed E-state index contributed by atoms with van der Waals surface area (Å²) in [6.07, 6.45) is 5.60. The standard InChI is InChI=1S/C15H19NO/c1-4-13(2)10-11-16-14(3)17-12-15-8-6-5-7-9-15/h4-11,13H,1,12H2,2-3H3/b11-10-,16-14+. The molecule has 0 amide bonds. The van der Waals surface area contributed by atoms with Gasteiger partial charge in [-0.2, -0.15) is 0 Å². The van der Waals surface area contributed by atoms with E-state index in [0.29, 0.717) is 18.4 Å². The Hall–Kier alpha value is -1.83. The third-order valence-corrected chi connectivity index (χ3v) is 2.31. The summed E-state index contributed by atoms with van der Waals surface area (Å²) >= 11 is 0. The molecule has 1 atom stereocenters. The molecule has 1 rings (SSSR count). The van der Waals surface area contributed by atoms with E-state index in [9.17, 15) is 0 Å². The zero-order valence-electron chi connectivity index (χ0n) is 10.5. The van der Waals surface area contributed by atoms with E-state index in [0.717, 1.165) is 5.56 Å². The van der Waals surface area contributed by atoms with Crippen LogP contribution in [0.15, 0.2) is 60.3 Å². The molecule has 0 spiro atoms. The summed E-state index contributed by atoms with van der Waals surface area (Å²) in [6.45, 7) is 8.17. The van der Waals surface area contributed by atoms with Gasteiger partial charge in [0, 0.05) is 13.1 Å². The van der Waals surface area contributed by atoms with Crippen molar-refractivity contribution in [2.75, 3.05) is 0 Å². The number of nitrogens with zero attached hydrogens (tertiary/aromatic N) is 1. The molecule has 0 fully saturated rings. The van der Waals surface area contributed by atoms with Crippen molar-refractivity contribution in [3.05, 3.63) is 60.8 Å². The van der Waals surface area contributed by atoms with E-state index in [1.165, 1.54) is 0 Å². The molecule has 0 aliphatic heterocycles. The number of hydrogen-bond acceptors (Lipinski definition) is 2. The van der Waals surface area contributed by atoms with Crippen LogP contribution in [0.2, 0.25) is 0 Å². The predicted molar refractivity (Wildman–Crippen MR) is 72.8 cm³/mol. The van der Waals surface area contributed by atoms with Crippen LogP contribution in [0.5, 0.6) is 0 Å². The lowest BCUT2D eigenvalue weighted by Crippen LogP contribution is -1.99. The molecule has 0 aromatic heterocycles. The second-order valence-electron chi connectivity index (χ2n) is 3.86. The molecule has 0 bridgehead atoms. The molecule has 0 aliphatic carbocycles. The lowest BCUT2D eigenvalue weighted by molar-refractivity contribution is 0.290. The molecular weight excluding hydrogens is 210 g/mol. The molecule has 1 aromatic carbocycles. The number of rotatable bonds is 5. The summed E-state index contributed by atoms with van der Waals surface area (Å²) < 4.78 is 5.52. The molecular formula is C15H19NO. The van der Waals surface area contributed by atoms with Crippen LogP contribution in [0.25, 0.3) is 0 Å². The Kier molecular flexibility index (Phi) is 5.80. The third-order valence-electron chi connectivity index (χ3n) is 2.31. The Balaban J connectivity index is 2.39. The Labute approximate surface area is 103 Å². The van der Waals surface area contributed by atoms with Gasteiger partial charge in [0.1, 0.15) is 6.61 Å². The highest BCUT2D eigenvalue weighted by Crippen LogP contribution is 2.02. The normalized spacial score (nSPS) is 13.6. The van der Waals surface area contributed by atoms with Gasteiger partial charge in [-0.1, -0.05) is 49.4 Å². The van der Waals surface area contributed by atoms with Crippen molar-refractivity contribution >= 4 is 5.90 Å². The van der Waals surface area contributed by atoms with Crippen molar-refractivity contribution in [2.45, 2.75) is 20.5 Å². The summed E-state index contributed by atoms with van der Waals surface area (Å²) in [7, 11) is 0. The molecule has 0 N–H and O–H groups in total. The van der Waals surface area contributed by atoms with E-state index in [-0.39, 0.29) is 0 Å². The maximum absolute atomic E-state index is 5.52. The zero-order valence-corrected chi connectivity index (χ0v) is 10.5. The number of allylic oxidation sites excluding steroid dienone is 2. The van der Waals surface area contributed by atoms with Crippen molar-refractivity contribution in [3.8, 4) is 0 Å². The maximum atomic E-state index is 5.52. The van der Waals surface area contributed by atoms with Crippen molar-refractivity contribution in [1.82, 2.24) is 0 Å². The van der Waals surface area contributed by atoms with Crippen LogP contribution >= 0.6 is 0 Å². The summed E-state index contributed by atoms with van der Waals surface area (Å²) in [5.41, 5.74) is 1.14. The fraction of sp³-hybridized carbons (Fsp3) is 0.267. The van der Waals surface area contributed by atoms with Crippen molar-refractivity contribution in [2.24, 2.45) is 10.9 Å². The summed E-state index contributed by atoms with van der Waals surface area (Å²) in [5.74, 6) is 1.00. The average molecular weight is 229 g/mol. The zero-order chi connectivity index (χ0) is 12.5. The first-order valence-corrected chi connectivity index (χ1v) is 5.72. The predicted octanol–water partition coefficient (Wildman–Crippen LogP) is 3.96. The second kappa shape index (κ2) is 7.44. The van der Waals surface area contributed by atoms with Gasteiger partial charge < -0.3 is 4.74 Å².